The van der Waals surface area contributed by atoms with E-state index in [1.54, 1.807) is 0 Å². The molecule has 0 rings (SSSR count). The summed E-state index contributed by atoms with van der Waals surface area (Å²) in [7, 11) is 0. The largest absolute Gasteiger partial charge is 0.344 e. The molecule has 0 aliphatic heterocycles. The monoisotopic (exact) mass is 187 g/mol. The molecule has 0 saturated carbocycles. The summed E-state index contributed by atoms with van der Waals surface area (Å²) in [4.78, 5) is 0. The minimum absolute atomic E-state index is 0. The molecule has 0 spiro atoms. The molecule has 0 aromatic carbocycles. The third-order valence-corrected chi connectivity index (χ3v) is 0. The SMILES string of the molecule is F[As](F)(F)(F)F.N. The third-order valence-electron chi connectivity index (χ3n) is 0. The van der Waals surface area contributed by atoms with Gasteiger partial charge in [-0.3, -0.25) is 0 Å². The molecule has 0 bridgehead atoms. The van der Waals surface area contributed by atoms with Gasteiger partial charge < -0.3 is 6.15 Å². The maximum absolute atomic E-state index is 9.89. The molecule has 0 atom stereocenters. The van der Waals surface area contributed by atoms with Crippen LogP contribution in [0.5, 0.6) is 0 Å². The molecular formula is H3AsF5N. The van der Waals surface area contributed by atoms with E-state index in [0.29, 0.717) is 0 Å². The standard InChI is InChI=1S/AsF5.H3N/c2-1(3,4,5)6;/h;1H3. The minimum Gasteiger partial charge on any atom is -0.344 e. The predicted molar refractivity (Wildman–Crippen MR) is 16.3 cm³/mol. The molecule has 0 radical (unpaired) electrons. The summed E-state index contributed by atoms with van der Waals surface area (Å²) < 4.78 is 49.4. The molecule has 48 valence electrons. The van der Waals surface area contributed by atoms with Crippen LogP contribution >= 0.6 is 0 Å². The number of rotatable bonds is 0. The van der Waals surface area contributed by atoms with Crippen molar-refractivity contribution >= 4 is 14.8 Å². The fraction of sp³-hybridized carbons (Fsp3) is 0. The first-order chi connectivity index (χ1) is 2.24. The van der Waals surface area contributed by atoms with E-state index in [9.17, 15) is 17.3 Å². The van der Waals surface area contributed by atoms with Gasteiger partial charge in [0.05, 0.1) is 0 Å². The first kappa shape index (κ1) is 10.2. The molecule has 0 aliphatic rings. The summed E-state index contributed by atoms with van der Waals surface area (Å²) in [5.41, 5.74) is 0. The van der Waals surface area contributed by atoms with Crippen LogP contribution in [0.1, 0.15) is 0 Å². The molecule has 0 fully saturated rings. The van der Waals surface area contributed by atoms with Crippen molar-refractivity contribution in [3.63, 3.8) is 0 Å². The Morgan fingerprint density at radius 3 is 0.714 bits per heavy atom. The van der Waals surface area contributed by atoms with Gasteiger partial charge in [0, 0.05) is 0 Å². The number of hydrogen-bond donors (Lipinski definition) is 1. The van der Waals surface area contributed by atoms with Crippen molar-refractivity contribution in [2.24, 2.45) is 0 Å². The van der Waals surface area contributed by atoms with Gasteiger partial charge in [0.25, 0.3) is 0 Å². The average Bonchev–Trinajstić information content (AvgIpc) is 0.650. The van der Waals surface area contributed by atoms with Gasteiger partial charge >= 0.3 is 32.1 Å². The van der Waals surface area contributed by atoms with Gasteiger partial charge in [-0.15, -0.1) is 0 Å². The van der Waals surface area contributed by atoms with Crippen LogP contribution in [0.3, 0.4) is 0 Å². The maximum atomic E-state index is 9.89. The van der Waals surface area contributed by atoms with Gasteiger partial charge in [-0.2, -0.15) is 0 Å². The van der Waals surface area contributed by atoms with E-state index < -0.39 is 14.8 Å². The molecule has 7 heteroatoms. The minimum atomic E-state index is -8.99. The van der Waals surface area contributed by atoms with E-state index in [2.05, 4.69) is 0 Å². The second-order valence-electron chi connectivity index (χ2n) is 0.639. The summed E-state index contributed by atoms with van der Waals surface area (Å²) >= 11 is -8.99. The van der Waals surface area contributed by atoms with Crippen molar-refractivity contribution in [2.75, 3.05) is 0 Å². The zero-order valence-electron chi connectivity index (χ0n) is 3.04. The summed E-state index contributed by atoms with van der Waals surface area (Å²) in [6.07, 6.45) is 0. The topological polar surface area (TPSA) is 35.0 Å². The Labute approximate surface area is 39.2 Å². The molecule has 3 N–H and O–H groups in total. The zero-order chi connectivity index (χ0) is 5.45. The van der Waals surface area contributed by atoms with Crippen LogP contribution in [0.15, 0.2) is 0 Å². The van der Waals surface area contributed by atoms with E-state index in [1.165, 1.54) is 0 Å². The fourth-order valence-electron chi connectivity index (χ4n) is 0. The first-order valence-electron chi connectivity index (χ1n) is 0.845. The van der Waals surface area contributed by atoms with E-state index in [0.717, 1.165) is 0 Å². The van der Waals surface area contributed by atoms with Crippen LogP contribution < -0.4 is 6.15 Å². The van der Waals surface area contributed by atoms with Crippen LogP contribution in [-0.4, -0.2) is 14.8 Å². The van der Waals surface area contributed by atoms with E-state index in [-0.39, 0.29) is 6.15 Å². The van der Waals surface area contributed by atoms with Crippen molar-refractivity contribution in [3.05, 3.63) is 0 Å². The summed E-state index contributed by atoms with van der Waals surface area (Å²) in [5.74, 6) is 0. The van der Waals surface area contributed by atoms with Gasteiger partial charge in [0.1, 0.15) is 0 Å². The molecule has 0 saturated heterocycles. The van der Waals surface area contributed by atoms with Crippen LogP contribution in [0, 0.1) is 0 Å². The molecule has 0 aromatic rings. The number of hydrogen-bond acceptors (Lipinski definition) is 1. The van der Waals surface area contributed by atoms with Crippen LogP contribution in [0.4, 0.5) is 17.3 Å². The van der Waals surface area contributed by atoms with E-state index >= 15 is 0 Å². The normalized spacial score (nSPS) is 16.4. The van der Waals surface area contributed by atoms with Crippen molar-refractivity contribution < 1.29 is 17.3 Å². The Hall–Kier alpha value is 0.168. The van der Waals surface area contributed by atoms with Crippen LogP contribution in [0.25, 0.3) is 0 Å². The Morgan fingerprint density at radius 2 is 0.714 bits per heavy atom. The Balaban J connectivity index is 0. The van der Waals surface area contributed by atoms with Crippen LogP contribution in [-0.2, 0) is 0 Å². The third kappa shape index (κ3) is 3780. The molecule has 0 heterocycles. The molecule has 1 nitrogen and oxygen atoms in total. The Bertz CT molecular complexity index is 41.3. The van der Waals surface area contributed by atoms with Crippen molar-refractivity contribution in [3.8, 4) is 0 Å². The zero-order valence-corrected chi connectivity index (χ0v) is 4.92. The molecule has 0 unspecified atom stereocenters. The van der Waals surface area contributed by atoms with Crippen molar-refractivity contribution in [1.29, 1.82) is 0 Å². The van der Waals surface area contributed by atoms with Gasteiger partial charge in [0.15, 0.2) is 0 Å². The second kappa shape index (κ2) is 1.59. The van der Waals surface area contributed by atoms with Gasteiger partial charge in [-0.1, -0.05) is 0 Å². The maximum Gasteiger partial charge on any atom is -0.344 e. The summed E-state index contributed by atoms with van der Waals surface area (Å²) in [6.45, 7) is 0. The summed E-state index contributed by atoms with van der Waals surface area (Å²) in [5, 5.41) is 0. The molecule has 0 amide bonds. The Morgan fingerprint density at radius 1 is 0.714 bits per heavy atom. The molecule has 7 heavy (non-hydrogen) atoms. The number of halogens is 5. The Kier molecular flexibility index (Phi) is 2.32. The average molecular weight is 187 g/mol. The van der Waals surface area contributed by atoms with Crippen LogP contribution in [0.2, 0.25) is 0 Å². The quantitative estimate of drug-likeness (QED) is 0.455. The summed E-state index contributed by atoms with van der Waals surface area (Å²) in [6, 6.07) is 0. The van der Waals surface area contributed by atoms with Gasteiger partial charge in [-0.05, 0) is 0 Å². The van der Waals surface area contributed by atoms with Gasteiger partial charge in [-0.25, -0.2) is 0 Å². The fourth-order valence-corrected chi connectivity index (χ4v) is 0. The smallest absolute Gasteiger partial charge is 0.344 e. The first-order valence-corrected chi connectivity index (χ1v) is 4.39. The van der Waals surface area contributed by atoms with E-state index in [4.69, 9.17) is 0 Å². The molecule has 0 aromatic heterocycles. The van der Waals surface area contributed by atoms with Crippen molar-refractivity contribution in [1.82, 2.24) is 6.15 Å². The second-order valence-corrected chi connectivity index (χ2v) is 3.32. The molecular weight excluding hydrogens is 184 g/mol. The van der Waals surface area contributed by atoms with Gasteiger partial charge in [0.2, 0.25) is 0 Å². The molecule has 0 aliphatic carbocycles. The predicted octanol–water partition coefficient (Wildman–Crippen LogP) is 1.88. The van der Waals surface area contributed by atoms with E-state index in [1.807, 2.05) is 0 Å². The van der Waals surface area contributed by atoms with Crippen molar-refractivity contribution in [2.45, 2.75) is 0 Å².